The van der Waals surface area contributed by atoms with E-state index in [1.807, 2.05) is 78.9 Å². The maximum atomic E-state index is 14.2. The topological polar surface area (TPSA) is 32.3 Å². The lowest BCUT2D eigenvalue weighted by Gasteiger charge is -2.47. The van der Waals surface area contributed by atoms with Gasteiger partial charge in [0.05, 0.1) is 12.0 Å². The Hall–Kier alpha value is -3.25. The van der Waals surface area contributed by atoms with E-state index >= 15 is 0 Å². The van der Waals surface area contributed by atoms with Crippen LogP contribution in [-0.4, -0.2) is 23.9 Å². The summed E-state index contributed by atoms with van der Waals surface area (Å²) in [5.74, 6) is -2.47. The molecule has 5 rings (SSSR count). The third kappa shape index (κ3) is 6.07. The minimum atomic E-state index is -0.698. The molecule has 1 amide bonds. The van der Waals surface area contributed by atoms with E-state index in [0.29, 0.717) is 35.2 Å². The van der Waals surface area contributed by atoms with Crippen molar-refractivity contribution >= 4 is 29.1 Å². The van der Waals surface area contributed by atoms with Gasteiger partial charge in [0, 0.05) is 41.7 Å². The number of hydrogen-bond donors (Lipinski definition) is 1. The number of nitrogens with zero attached hydrogens (tertiary/aromatic N) is 1. The Morgan fingerprint density at radius 3 is 1.84 bits per heavy atom. The van der Waals surface area contributed by atoms with Crippen LogP contribution >= 0.6 is 23.2 Å². The lowest BCUT2D eigenvalue weighted by molar-refractivity contribution is -0.126. The normalized spacial score (nSPS) is 14.8. The Labute approximate surface area is 231 Å². The lowest BCUT2D eigenvalue weighted by Crippen LogP contribution is -2.53. The van der Waals surface area contributed by atoms with Crippen LogP contribution in [0.15, 0.2) is 97.1 Å². The molecule has 1 unspecified atom stereocenters. The van der Waals surface area contributed by atoms with Crippen molar-refractivity contribution in [2.24, 2.45) is 5.92 Å². The zero-order valence-electron chi connectivity index (χ0n) is 20.5. The molecule has 4 aromatic carbocycles. The van der Waals surface area contributed by atoms with Gasteiger partial charge in [-0.3, -0.25) is 9.69 Å². The highest BCUT2D eigenvalue weighted by molar-refractivity contribution is 6.30. The summed E-state index contributed by atoms with van der Waals surface area (Å²) in [7, 11) is 0. The van der Waals surface area contributed by atoms with Crippen LogP contribution in [0, 0.1) is 17.6 Å². The number of amides is 1. The number of carbonyl (C=O) groups is 1. The molecule has 1 aliphatic rings. The van der Waals surface area contributed by atoms with Gasteiger partial charge in [-0.1, -0.05) is 77.8 Å². The third-order valence-corrected chi connectivity index (χ3v) is 7.49. The van der Waals surface area contributed by atoms with Crippen LogP contribution in [0.5, 0.6) is 0 Å². The molecule has 0 saturated carbocycles. The van der Waals surface area contributed by atoms with Crippen LogP contribution in [0.2, 0.25) is 10.0 Å². The standard InChI is InChI=1S/C31H26Cl2F2N2O/c32-25-10-6-21(7-11-25)30(22-8-12-26(33)13-9-22)37-18-24(19-37)29(23-14-27(34)16-28(35)15-23)31(38)36-17-20-4-2-1-3-5-20/h1-16,24,29-30H,17-19H2,(H,36,38). The van der Waals surface area contributed by atoms with E-state index in [9.17, 15) is 13.6 Å². The van der Waals surface area contributed by atoms with Crippen molar-refractivity contribution in [1.29, 1.82) is 0 Å². The molecule has 4 aromatic rings. The molecule has 38 heavy (non-hydrogen) atoms. The Balaban J connectivity index is 1.40. The fourth-order valence-corrected chi connectivity index (χ4v) is 5.41. The van der Waals surface area contributed by atoms with E-state index < -0.39 is 17.6 Å². The molecular weight excluding hydrogens is 525 g/mol. The van der Waals surface area contributed by atoms with Crippen LogP contribution in [0.4, 0.5) is 8.78 Å². The molecule has 1 fully saturated rings. The van der Waals surface area contributed by atoms with Gasteiger partial charge in [-0.15, -0.1) is 0 Å². The second kappa shape index (κ2) is 11.6. The van der Waals surface area contributed by atoms with Gasteiger partial charge in [0.15, 0.2) is 0 Å². The van der Waals surface area contributed by atoms with Crippen molar-refractivity contribution in [2.45, 2.75) is 18.5 Å². The highest BCUT2D eigenvalue weighted by Crippen LogP contribution is 2.40. The van der Waals surface area contributed by atoms with Crippen molar-refractivity contribution < 1.29 is 13.6 Å². The first-order chi connectivity index (χ1) is 18.4. The van der Waals surface area contributed by atoms with Gasteiger partial charge in [0.2, 0.25) is 5.91 Å². The second-order valence-corrected chi connectivity index (χ2v) is 10.5. The molecule has 1 aliphatic heterocycles. The summed E-state index contributed by atoms with van der Waals surface area (Å²) in [6, 6.07) is 28.2. The van der Waals surface area contributed by atoms with E-state index in [1.54, 1.807) is 0 Å². The fourth-order valence-electron chi connectivity index (χ4n) is 5.16. The average Bonchev–Trinajstić information content (AvgIpc) is 2.88. The molecule has 7 heteroatoms. The maximum Gasteiger partial charge on any atom is 0.228 e. The molecule has 0 radical (unpaired) electrons. The van der Waals surface area contributed by atoms with E-state index in [1.165, 1.54) is 12.1 Å². The van der Waals surface area contributed by atoms with Gasteiger partial charge in [0.1, 0.15) is 11.6 Å². The summed E-state index contributed by atoms with van der Waals surface area (Å²) in [5, 5.41) is 4.27. The van der Waals surface area contributed by atoms with Crippen molar-refractivity contribution in [1.82, 2.24) is 10.2 Å². The van der Waals surface area contributed by atoms with E-state index in [0.717, 1.165) is 22.8 Å². The molecule has 0 aromatic heterocycles. The van der Waals surface area contributed by atoms with Gasteiger partial charge in [-0.2, -0.15) is 0 Å². The monoisotopic (exact) mass is 550 g/mol. The van der Waals surface area contributed by atoms with Crippen LogP contribution < -0.4 is 5.32 Å². The molecule has 0 aliphatic carbocycles. The van der Waals surface area contributed by atoms with E-state index in [-0.39, 0.29) is 17.9 Å². The fraction of sp³-hybridized carbons (Fsp3) is 0.194. The second-order valence-electron chi connectivity index (χ2n) is 9.60. The minimum absolute atomic E-state index is 0.0851. The van der Waals surface area contributed by atoms with Crippen molar-refractivity contribution in [3.05, 3.63) is 141 Å². The summed E-state index contributed by atoms with van der Waals surface area (Å²) in [5.41, 5.74) is 3.40. The molecule has 1 heterocycles. The molecule has 1 atom stereocenters. The number of likely N-dealkylation sites (tertiary alicyclic amines) is 1. The van der Waals surface area contributed by atoms with Gasteiger partial charge < -0.3 is 5.32 Å². The zero-order chi connectivity index (χ0) is 26.6. The lowest BCUT2D eigenvalue weighted by atomic mass is 9.78. The quantitative estimate of drug-likeness (QED) is 0.248. The third-order valence-electron chi connectivity index (χ3n) is 6.98. The molecule has 194 valence electrons. The maximum absolute atomic E-state index is 14.2. The Kier molecular flexibility index (Phi) is 8.08. The smallest absolute Gasteiger partial charge is 0.228 e. The minimum Gasteiger partial charge on any atom is -0.351 e. The number of halogens is 4. The highest BCUT2D eigenvalue weighted by Gasteiger charge is 2.42. The highest BCUT2D eigenvalue weighted by atomic mass is 35.5. The number of benzene rings is 4. The number of rotatable bonds is 8. The number of nitrogens with one attached hydrogen (secondary N) is 1. The summed E-state index contributed by atoms with van der Waals surface area (Å²) in [6.07, 6.45) is 0. The van der Waals surface area contributed by atoms with E-state index in [4.69, 9.17) is 23.2 Å². The Morgan fingerprint density at radius 1 is 0.789 bits per heavy atom. The largest absolute Gasteiger partial charge is 0.351 e. The summed E-state index contributed by atoms with van der Waals surface area (Å²) in [6.45, 7) is 1.47. The van der Waals surface area contributed by atoms with Gasteiger partial charge in [-0.25, -0.2) is 8.78 Å². The first kappa shape index (κ1) is 26.4. The number of hydrogen-bond acceptors (Lipinski definition) is 2. The molecule has 0 spiro atoms. The van der Waals surface area contributed by atoms with E-state index in [2.05, 4.69) is 10.2 Å². The first-order valence-electron chi connectivity index (χ1n) is 12.4. The predicted molar refractivity (Wildman–Crippen MR) is 147 cm³/mol. The Bertz CT molecular complexity index is 1330. The summed E-state index contributed by atoms with van der Waals surface area (Å²) < 4.78 is 28.4. The van der Waals surface area contributed by atoms with Gasteiger partial charge in [0.25, 0.3) is 0 Å². The molecular formula is C31H26Cl2F2N2O. The van der Waals surface area contributed by atoms with Crippen LogP contribution in [0.3, 0.4) is 0 Å². The van der Waals surface area contributed by atoms with Crippen molar-refractivity contribution in [3.8, 4) is 0 Å². The predicted octanol–water partition coefficient (Wildman–Crippen LogP) is 7.39. The van der Waals surface area contributed by atoms with Crippen molar-refractivity contribution in [2.75, 3.05) is 13.1 Å². The Morgan fingerprint density at radius 2 is 1.32 bits per heavy atom. The van der Waals surface area contributed by atoms with Gasteiger partial charge in [-0.05, 0) is 58.7 Å². The van der Waals surface area contributed by atoms with Gasteiger partial charge >= 0.3 is 0 Å². The van der Waals surface area contributed by atoms with Crippen LogP contribution in [0.25, 0.3) is 0 Å². The number of carbonyl (C=O) groups excluding carboxylic acids is 1. The molecule has 3 nitrogen and oxygen atoms in total. The van der Waals surface area contributed by atoms with Crippen molar-refractivity contribution in [3.63, 3.8) is 0 Å². The molecule has 0 bridgehead atoms. The van der Waals surface area contributed by atoms with Crippen LogP contribution in [-0.2, 0) is 11.3 Å². The van der Waals surface area contributed by atoms with Crippen LogP contribution in [0.1, 0.15) is 34.2 Å². The summed E-state index contributed by atoms with van der Waals surface area (Å²) in [4.78, 5) is 15.7. The summed E-state index contributed by atoms with van der Waals surface area (Å²) >= 11 is 12.3. The SMILES string of the molecule is O=C(NCc1ccccc1)C(c1cc(F)cc(F)c1)C1CN(C(c2ccc(Cl)cc2)c2ccc(Cl)cc2)C1. The molecule has 1 saturated heterocycles. The average molecular weight is 551 g/mol. The zero-order valence-corrected chi connectivity index (χ0v) is 22.0. The molecule has 1 N–H and O–H groups in total. The first-order valence-corrected chi connectivity index (χ1v) is 13.2.